The topological polar surface area (TPSA) is 9.23 Å². The van der Waals surface area contributed by atoms with Gasteiger partial charge in [0.05, 0.1) is 7.11 Å². The summed E-state index contributed by atoms with van der Waals surface area (Å²) in [5, 5.41) is 2.02. The van der Waals surface area contributed by atoms with Crippen molar-refractivity contribution in [2.75, 3.05) is 7.11 Å². The molecule has 0 saturated carbocycles. The Morgan fingerprint density at radius 3 is 2.33 bits per heavy atom. The van der Waals surface area contributed by atoms with Crippen LogP contribution in [-0.4, -0.2) is 7.11 Å². The Hall–Kier alpha value is -1.42. The first-order chi connectivity index (χ1) is 6.86. The summed E-state index contributed by atoms with van der Waals surface area (Å²) in [6.07, 6.45) is 7.16. The smallest absolute Gasteiger partial charge is 0.496 e. The minimum Gasteiger partial charge on any atom is -0.496 e. The van der Waals surface area contributed by atoms with Crippen LogP contribution in [0.3, 0.4) is 0 Å². The zero-order valence-electron chi connectivity index (χ0n) is 8.17. The maximum Gasteiger partial charge on any atom is 1.00 e. The molecule has 0 N–H and O–H groups in total. The maximum absolute atomic E-state index is 7.16. The molecule has 2 rings (SSSR count). The largest absolute Gasteiger partial charge is 1.00 e. The third-order valence-corrected chi connectivity index (χ3v) is 2.24. The van der Waals surface area contributed by atoms with Gasteiger partial charge in [0.25, 0.3) is 0 Å². The van der Waals surface area contributed by atoms with Gasteiger partial charge in [-0.15, -0.1) is 11.6 Å². The van der Waals surface area contributed by atoms with E-state index in [1.165, 1.54) is 0 Å². The predicted molar refractivity (Wildman–Crippen MR) is 56.7 cm³/mol. The van der Waals surface area contributed by atoms with Crippen LogP contribution in [-0.2, 0) is 17.1 Å². The molecule has 1 nitrogen and oxygen atoms in total. The van der Waals surface area contributed by atoms with Gasteiger partial charge in [0.15, 0.2) is 0 Å². The van der Waals surface area contributed by atoms with Crippen molar-refractivity contribution in [3.63, 3.8) is 0 Å². The molecule has 78 valence electrons. The van der Waals surface area contributed by atoms with Crippen molar-refractivity contribution in [2.45, 2.75) is 0 Å². The van der Waals surface area contributed by atoms with Crippen molar-refractivity contribution in [2.24, 2.45) is 0 Å². The first kappa shape index (κ1) is 11.7. The fourth-order valence-electron chi connectivity index (χ4n) is 1.56. The van der Waals surface area contributed by atoms with E-state index in [4.69, 9.17) is 11.2 Å². The van der Waals surface area contributed by atoms with E-state index in [2.05, 4.69) is 5.92 Å². The summed E-state index contributed by atoms with van der Waals surface area (Å²) in [6, 6.07) is 11.6. The molecule has 0 bridgehead atoms. The summed E-state index contributed by atoms with van der Waals surface area (Å²) in [5.74, 6) is 3.25. The van der Waals surface area contributed by atoms with Crippen LogP contribution < -0.4 is 4.74 Å². The summed E-state index contributed by atoms with van der Waals surface area (Å²) < 4.78 is 5.24. The van der Waals surface area contributed by atoms with E-state index in [0.29, 0.717) is 0 Å². The SMILES string of the molecule is [C-]#Cc1ccc(OC)c2ccccc12.[Cu+]. The number of hydrogen-bond donors (Lipinski definition) is 0. The first-order valence-electron chi connectivity index (χ1n) is 4.35. The van der Waals surface area contributed by atoms with Crippen molar-refractivity contribution in [1.29, 1.82) is 0 Å². The Morgan fingerprint density at radius 1 is 1.07 bits per heavy atom. The second kappa shape index (κ2) is 4.89. The van der Waals surface area contributed by atoms with Crippen LogP contribution in [0.5, 0.6) is 5.75 Å². The van der Waals surface area contributed by atoms with Gasteiger partial charge >= 0.3 is 17.1 Å². The van der Waals surface area contributed by atoms with Gasteiger partial charge in [-0.2, -0.15) is 0 Å². The van der Waals surface area contributed by atoms with Crippen molar-refractivity contribution < 1.29 is 21.8 Å². The van der Waals surface area contributed by atoms with E-state index in [1.807, 2.05) is 36.4 Å². The number of fused-ring (bicyclic) bond motifs is 1. The fourth-order valence-corrected chi connectivity index (χ4v) is 1.56. The molecule has 0 unspecified atom stereocenters. The van der Waals surface area contributed by atoms with Gasteiger partial charge in [-0.1, -0.05) is 29.7 Å². The zero-order valence-corrected chi connectivity index (χ0v) is 9.12. The van der Waals surface area contributed by atoms with Crippen LogP contribution in [0.25, 0.3) is 10.8 Å². The molecular formula is C13H9CuO. The van der Waals surface area contributed by atoms with Crippen molar-refractivity contribution in [1.82, 2.24) is 0 Å². The van der Waals surface area contributed by atoms with Crippen LogP contribution >= 0.6 is 0 Å². The van der Waals surface area contributed by atoms with Crippen LogP contribution in [0.1, 0.15) is 5.56 Å². The molecule has 0 atom stereocenters. The molecule has 0 spiro atoms. The molecule has 0 radical (unpaired) electrons. The molecule has 0 fully saturated rings. The van der Waals surface area contributed by atoms with Crippen molar-refractivity contribution in [3.8, 4) is 11.7 Å². The Labute approximate surface area is 99.9 Å². The van der Waals surface area contributed by atoms with Gasteiger partial charge in [0.1, 0.15) is 5.75 Å². The second-order valence-corrected chi connectivity index (χ2v) is 2.99. The molecule has 2 heteroatoms. The summed E-state index contributed by atoms with van der Waals surface area (Å²) >= 11 is 0. The molecule has 0 heterocycles. The fraction of sp³-hybridized carbons (Fsp3) is 0.0769. The second-order valence-electron chi connectivity index (χ2n) is 2.99. The van der Waals surface area contributed by atoms with Gasteiger partial charge < -0.3 is 11.2 Å². The van der Waals surface area contributed by atoms with Crippen molar-refractivity contribution >= 4 is 10.8 Å². The van der Waals surface area contributed by atoms with Gasteiger partial charge in [-0.25, -0.2) is 0 Å². The van der Waals surface area contributed by atoms with E-state index >= 15 is 0 Å². The number of rotatable bonds is 1. The molecule has 0 aliphatic heterocycles. The summed E-state index contributed by atoms with van der Waals surface area (Å²) in [4.78, 5) is 0. The van der Waals surface area contributed by atoms with Gasteiger partial charge in [0.2, 0.25) is 0 Å². The number of methoxy groups -OCH3 is 1. The van der Waals surface area contributed by atoms with E-state index in [0.717, 1.165) is 22.1 Å². The Bertz CT molecular complexity index is 511. The molecule has 0 aromatic heterocycles. The van der Waals surface area contributed by atoms with Crippen LogP contribution in [0, 0.1) is 12.3 Å². The van der Waals surface area contributed by atoms with Crippen LogP contribution in [0.15, 0.2) is 36.4 Å². The van der Waals surface area contributed by atoms with E-state index in [1.54, 1.807) is 7.11 Å². The molecule has 0 amide bonds. The average Bonchev–Trinajstić information content (AvgIpc) is 2.27. The Morgan fingerprint density at radius 2 is 1.73 bits per heavy atom. The third-order valence-electron chi connectivity index (χ3n) is 2.24. The normalized spacial score (nSPS) is 9.07. The van der Waals surface area contributed by atoms with Crippen LogP contribution in [0.4, 0.5) is 0 Å². The number of ether oxygens (including phenoxy) is 1. The van der Waals surface area contributed by atoms with E-state index < -0.39 is 0 Å². The van der Waals surface area contributed by atoms with Crippen molar-refractivity contribution in [3.05, 3.63) is 48.4 Å². The zero-order chi connectivity index (χ0) is 9.97. The summed E-state index contributed by atoms with van der Waals surface area (Å²) in [6.45, 7) is 0. The molecule has 2 aromatic carbocycles. The van der Waals surface area contributed by atoms with Crippen LogP contribution in [0.2, 0.25) is 0 Å². The van der Waals surface area contributed by atoms with Gasteiger partial charge in [-0.05, 0) is 6.07 Å². The quantitative estimate of drug-likeness (QED) is 0.426. The summed E-state index contributed by atoms with van der Waals surface area (Å²) in [7, 11) is 1.65. The summed E-state index contributed by atoms with van der Waals surface area (Å²) in [5.41, 5.74) is 0.793. The Balaban J connectivity index is 0.00000112. The third kappa shape index (κ3) is 1.99. The molecule has 0 aliphatic rings. The molecule has 2 aromatic rings. The minimum atomic E-state index is 0. The van der Waals surface area contributed by atoms with Gasteiger partial charge in [0, 0.05) is 5.39 Å². The number of hydrogen-bond acceptors (Lipinski definition) is 1. The molecule has 0 saturated heterocycles. The monoisotopic (exact) mass is 244 g/mol. The standard InChI is InChI=1S/C13H9O.Cu/c1-3-10-8-9-13(14-2)12-7-5-4-6-11(10)12;/h4-9H,2H3;/q-1;+1. The first-order valence-corrected chi connectivity index (χ1v) is 4.35. The average molecular weight is 245 g/mol. The minimum absolute atomic E-state index is 0. The Kier molecular flexibility index (Phi) is 3.80. The molecule has 15 heavy (non-hydrogen) atoms. The maximum atomic E-state index is 7.16. The molecular weight excluding hydrogens is 236 g/mol. The number of benzene rings is 2. The van der Waals surface area contributed by atoms with E-state index in [9.17, 15) is 0 Å². The molecule has 0 aliphatic carbocycles. The van der Waals surface area contributed by atoms with Gasteiger partial charge in [-0.3, -0.25) is 5.92 Å². The predicted octanol–water partition coefficient (Wildman–Crippen LogP) is 2.78. The van der Waals surface area contributed by atoms with E-state index in [-0.39, 0.29) is 17.1 Å².